The number of hydrogen-bond acceptors (Lipinski definition) is 7. The quantitative estimate of drug-likeness (QED) is 0.189. The molecule has 2 atom stereocenters. The van der Waals surface area contributed by atoms with Gasteiger partial charge in [-0.2, -0.15) is 0 Å². The van der Waals surface area contributed by atoms with Crippen LogP contribution in [0.15, 0.2) is 103 Å². The first-order valence-corrected chi connectivity index (χ1v) is 14.1. The highest BCUT2D eigenvalue weighted by atomic mass is 16.6. The fourth-order valence-corrected chi connectivity index (χ4v) is 5.24. The zero-order valence-corrected chi connectivity index (χ0v) is 24.1. The van der Waals surface area contributed by atoms with E-state index in [9.17, 15) is 24.5 Å². The van der Waals surface area contributed by atoms with Gasteiger partial charge in [-0.3, -0.25) is 19.7 Å². The maximum atomic E-state index is 14.2. The smallest absolute Gasteiger partial charge is 0.328 e. The second kappa shape index (κ2) is 13.6. The highest BCUT2D eigenvalue weighted by Crippen LogP contribution is 2.33. The van der Waals surface area contributed by atoms with Gasteiger partial charge in [0.15, 0.2) is 0 Å². The molecule has 0 aliphatic carbocycles. The van der Waals surface area contributed by atoms with Crippen LogP contribution in [0.1, 0.15) is 34.7 Å². The van der Waals surface area contributed by atoms with E-state index < -0.39 is 28.9 Å². The Kier molecular flexibility index (Phi) is 9.29. The first-order valence-electron chi connectivity index (χ1n) is 14.1. The predicted octanol–water partition coefficient (Wildman–Crippen LogP) is 5.30. The molecule has 44 heavy (non-hydrogen) atoms. The summed E-state index contributed by atoms with van der Waals surface area (Å²) in [6.07, 6.45) is 0.307. The maximum Gasteiger partial charge on any atom is 0.328 e. The van der Waals surface area contributed by atoms with Crippen molar-refractivity contribution >= 4 is 23.5 Å². The van der Waals surface area contributed by atoms with Gasteiger partial charge in [0.1, 0.15) is 17.8 Å². The molecule has 224 valence electrons. The summed E-state index contributed by atoms with van der Waals surface area (Å²) < 4.78 is 10.9. The number of hydrogen-bond donors (Lipinski definition) is 1. The van der Waals surface area contributed by atoms with Gasteiger partial charge in [0.2, 0.25) is 17.6 Å². The zero-order chi connectivity index (χ0) is 31.1. The molecule has 0 radical (unpaired) electrons. The molecule has 4 bridgehead atoms. The van der Waals surface area contributed by atoms with Gasteiger partial charge in [-0.1, -0.05) is 78.9 Å². The Balaban J connectivity index is 1.63. The second-order valence-electron chi connectivity index (χ2n) is 10.4. The van der Waals surface area contributed by atoms with Gasteiger partial charge in [-0.05, 0) is 46.9 Å². The molecule has 2 amide bonds. The minimum atomic E-state index is -1.19. The summed E-state index contributed by atoms with van der Waals surface area (Å²) in [5.74, 6) is -1.19. The van der Waals surface area contributed by atoms with Crippen LogP contribution in [0, 0.1) is 10.1 Å². The lowest BCUT2D eigenvalue weighted by Crippen LogP contribution is -2.49. The van der Waals surface area contributed by atoms with Crippen molar-refractivity contribution in [3.8, 4) is 11.5 Å². The van der Waals surface area contributed by atoms with Crippen LogP contribution in [0.5, 0.6) is 11.5 Å². The normalized spacial score (nSPS) is 17.2. The molecule has 0 spiro atoms. The SMILES string of the molecule is COC(=O)C1Cc2ccc(c([N+](=O)[O-])c2)Oc2cccc(c2)CCC(=O)N(Cc2ccccc2)C(c2ccccc2)C(=O)N1. The number of methoxy groups -OCH3 is 1. The van der Waals surface area contributed by atoms with Crippen LogP contribution < -0.4 is 10.1 Å². The molecule has 0 fully saturated rings. The van der Waals surface area contributed by atoms with Gasteiger partial charge in [-0.15, -0.1) is 0 Å². The molecule has 6 rings (SSSR count). The molecule has 2 aliphatic heterocycles. The van der Waals surface area contributed by atoms with Crippen LogP contribution in [-0.2, 0) is 38.5 Å². The summed E-state index contributed by atoms with van der Waals surface area (Å²) in [5.41, 5.74) is 2.29. The van der Waals surface area contributed by atoms with E-state index in [1.807, 2.05) is 42.5 Å². The van der Waals surface area contributed by atoms with Crippen molar-refractivity contribution in [2.24, 2.45) is 0 Å². The Morgan fingerprint density at radius 3 is 2.36 bits per heavy atom. The number of nitro groups is 1. The third-order valence-corrected chi connectivity index (χ3v) is 7.41. The number of esters is 1. The Morgan fingerprint density at radius 2 is 1.66 bits per heavy atom. The Morgan fingerprint density at radius 1 is 0.932 bits per heavy atom. The molecule has 4 aromatic rings. The molecule has 2 heterocycles. The number of aryl methyl sites for hydroxylation is 1. The topological polar surface area (TPSA) is 128 Å². The molecular formula is C34H31N3O7. The highest BCUT2D eigenvalue weighted by molar-refractivity contribution is 5.92. The summed E-state index contributed by atoms with van der Waals surface area (Å²) in [5, 5.41) is 14.8. The summed E-state index contributed by atoms with van der Waals surface area (Å²) in [6, 6.07) is 27.4. The summed E-state index contributed by atoms with van der Waals surface area (Å²) >= 11 is 0. The monoisotopic (exact) mass is 593 g/mol. The molecular weight excluding hydrogens is 562 g/mol. The number of nitrogens with zero attached hydrogens (tertiary/aromatic N) is 2. The van der Waals surface area contributed by atoms with Crippen molar-refractivity contribution in [1.82, 2.24) is 10.2 Å². The first-order chi connectivity index (χ1) is 21.3. The molecule has 0 aromatic heterocycles. The van der Waals surface area contributed by atoms with Crippen molar-refractivity contribution in [3.63, 3.8) is 0 Å². The van der Waals surface area contributed by atoms with E-state index in [1.165, 1.54) is 24.1 Å². The van der Waals surface area contributed by atoms with E-state index in [-0.39, 0.29) is 36.7 Å². The lowest BCUT2D eigenvalue weighted by atomic mass is 10.00. The van der Waals surface area contributed by atoms with Crippen molar-refractivity contribution in [3.05, 3.63) is 135 Å². The number of carbonyl (C=O) groups excluding carboxylic acids is 3. The Hall–Kier alpha value is -5.51. The van der Waals surface area contributed by atoms with Gasteiger partial charge in [0, 0.05) is 25.5 Å². The lowest BCUT2D eigenvalue weighted by molar-refractivity contribution is -0.385. The van der Waals surface area contributed by atoms with Crippen LogP contribution >= 0.6 is 0 Å². The Bertz CT molecular complexity index is 1660. The van der Waals surface area contributed by atoms with E-state index in [2.05, 4.69) is 5.32 Å². The minimum absolute atomic E-state index is 0.0214. The van der Waals surface area contributed by atoms with Gasteiger partial charge >= 0.3 is 11.7 Å². The highest BCUT2D eigenvalue weighted by Gasteiger charge is 2.34. The van der Waals surface area contributed by atoms with Crippen molar-refractivity contribution in [1.29, 1.82) is 0 Å². The number of nitro benzene ring substituents is 1. The first kappa shape index (κ1) is 30.0. The standard InChI is InChI=1S/C34H31N3O7/c1-43-34(40)28-20-25-15-17-30(29(21-25)37(41)42)44-27-14-8-11-23(19-27)16-18-31(38)36(22-24-9-4-2-5-10-24)32(33(39)35-28)26-12-6-3-7-13-26/h2-15,17,19,21,28,32H,16,18,20,22H2,1H3,(H,35,39). The summed E-state index contributed by atoms with van der Waals surface area (Å²) in [4.78, 5) is 54.1. The van der Waals surface area contributed by atoms with E-state index in [1.54, 1.807) is 48.5 Å². The van der Waals surface area contributed by atoms with Crippen LogP contribution in [0.2, 0.25) is 0 Å². The summed E-state index contributed by atoms with van der Waals surface area (Å²) in [6.45, 7) is 0.145. The number of fused-ring (bicyclic) bond motifs is 10. The van der Waals surface area contributed by atoms with Crippen LogP contribution in [0.4, 0.5) is 5.69 Å². The summed E-state index contributed by atoms with van der Waals surface area (Å²) in [7, 11) is 1.20. The van der Waals surface area contributed by atoms with E-state index in [0.717, 1.165) is 11.1 Å². The molecule has 10 nitrogen and oxygen atoms in total. The number of amides is 2. The molecule has 1 N–H and O–H groups in total. The fraction of sp³-hybridized carbons (Fsp3) is 0.206. The Labute approximate surface area is 254 Å². The third-order valence-electron chi connectivity index (χ3n) is 7.41. The van der Waals surface area contributed by atoms with Crippen LogP contribution in [0.3, 0.4) is 0 Å². The molecule has 0 saturated heterocycles. The van der Waals surface area contributed by atoms with E-state index >= 15 is 0 Å². The van der Waals surface area contributed by atoms with E-state index in [4.69, 9.17) is 9.47 Å². The average Bonchev–Trinajstić information content (AvgIpc) is 3.04. The number of ether oxygens (including phenoxy) is 2. The van der Waals surface area contributed by atoms with Crippen LogP contribution in [0.25, 0.3) is 0 Å². The van der Waals surface area contributed by atoms with Crippen molar-refractivity contribution in [2.45, 2.75) is 37.9 Å². The largest absolute Gasteiger partial charge is 0.467 e. The molecule has 0 saturated carbocycles. The van der Waals surface area contributed by atoms with Gasteiger partial charge in [0.05, 0.1) is 12.0 Å². The number of rotatable bonds is 5. The molecule has 2 unspecified atom stereocenters. The lowest BCUT2D eigenvalue weighted by Gasteiger charge is -2.32. The van der Waals surface area contributed by atoms with Gasteiger partial charge in [-0.25, -0.2) is 4.79 Å². The van der Waals surface area contributed by atoms with Crippen molar-refractivity contribution in [2.75, 3.05) is 7.11 Å². The molecule has 4 aromatic carbocycles. The third kappa shape index (κ3) is 7.09. The molecule has 2 aliphatic rings. The average molecular weight is 594 g/mol. The van der Waals surface area contributed by atoms with E-state index in [0.29, 0.717) is 23.3 Å². The fourth-order valence-electron chi connectivity index (χ4n) is 5.24. The maximum absolute atomic E-state index is 14.2. The minimum Gasteiger partial charge on any atom is -0.467 e. The van der Waals surface area contributed by atoms with Gasteiger partial charge < -0.3 is 19.7 Å². The predicted molar refractivity (Wildman–Crippen MR) is 162 cm³/mol. The number of nitrogens with one attached hydrogen (secondary N) is 1. The zero-order valence-electron chi connectivity index (χ0n) is 24.1. The van der Waals surface area contributed by atoms with Gasteiger partial charge in [0.25, 0.3) is 0 Å². The molecule has 10 heteroatoms. The number of carbonyl (C=O) groups is 3. The van der Waals surface area contributed by atoms with Crippen molar-refractivity contribution < 1.29 is 28.8 Å². The van der Waals surface area contributed by atoms with Crippen LogP contribution in [-0.4, -0.2) is 40.8 Å². The number of benzene rings is 4. The second-order valence-corrected chi connectivity index (χ2v) is 10.4.